The van der Waals surface area contributed by atoms with E-state index in [9.17, 15) is 93.3 Å². The summed E-state index contributed by atoms with van der Waals surface area (Å²) in [6.45, 7) is 9.05. The first-order valence-electron chi connectivity index (χ1n) is 45.4. The van der Waals surface area contributed by atoms with Crippen LogP contribution in [-0.2, 0) is 105 Å². The van der Waals surface area contributed by atoms with E-state index in [0.29, 0.717) is 105 Å². The second-order valence-corrected chi connectivity index (χ2v) is 37.2. The van der Waals surface area contributed by atoms with E-state index in [1.54, 1.807) is 24.9 Å². The van der Waals surface area contributed by atoms with Crippen LogP contribution in [0.3, 0.4) is 0 Å². The molecule has 6 heterocycles. The molecule has 14 atom stereocenters. The Morgan fingerprint density at radius 3 is 2.03 bits per heavy atom. The summed E-state index contributed by atoms with van der Waals surface area (Å²) in [4.78, 5) is 212. The minimum absolute atomic E-state index is 0.0224. The number of carbonyl (C=O) groups excluding carboxylic acids is 9. The third-order valence-electron chi connectivity index (χ3n) is 25.8. The van der Waals surface area contributed by atoms with Crippen LogP contribution >= 0.6 is 21.6 Å². The maximum Gasteiger partial charge on any atom is 0.426 e. The summed E-state index contributed by atoms with van der Waals surface area (Å²) in [7, 11) is 9.63. The number of aromatic amines is 2. The fourth-order valence-electron chi connectivity index (χ4n) is 18.8. The molecule has 0 bridgehead atoms. The Bertz CT molecular complexity index is 5500. The highest BCUT2D eigenvalue weighted by atomic mass is 33.1. The van der Waals surface area contributed by atoms with Crippen LogP contribution in [-0.4, -0.2) is 328 Å². The van der Waals surface area contributed by atoms with E-state index < -0.39 is 209 Å². The number of likely N-dealkylation sites (N-methyl/N-ethyl adjacent to an activating group) is 2. The molecule has 1 saturated heterocycles. The first kappa shape index (κ1) is 109. The molecular weight excluding hydrogens is 1860 g/mol. The average molecular weight is 1980 g/mol. The van der Waals surface area contributed by atoms with Crippen molar-refractivity contribution in [2.24, 2.45) is 11.3 Å². The molecule has 46 nitrogen and oxygen atoms in total. The molecule has 139 heavy (non-hydrogen) atoms. The number of carboxylic acids is 4. The number of esters is 1. The lowest BCUT2D eigenvalue weighted by Crippen LogP contribution is -2.82. The number of H-pyrrole nitrogens is 2. The van der Waals surface area contributed by atoms with Gasteiger partial charge in [-0.2, -0.15) is 4.98 Å². The maximum absolute atomic E-state index is 15.8. The molecule has 4 aliphatic rings. The molecule has 8 amide bonds. The molecule has 1 aliphatic carbocycles. The first-order valence-corrected chi connectivity index (χ1v) is 47.9. The van der Waals surface area contributed by atoms with E-state index >= 15 is 9.59 Å². The summed E-state index contributed by atoms with van der Waals surface area (Å²) >= 11 is 0. The monoisotopic (exact) mass is 1980 g/mol. The maximum atomic E-state index is 15.8. The zero-order chi connectivity index (χ0) is 101. The van der Waals surface area contributed by atoms with Crippen molar-refractivity contribution in [2.75, 3.05) is 142 Å². The molecule has 3 aliphatic heterocycles. The predicted molar refractivity (Wildman–Crippen MR) is 506 cm³/mol. The highest BCUT2D eigenvalue weighted by Gasteiger charge is 2.79. The van der Waals surface area contributed by atoms with Crippen molar-refractivity contribution in [1.82, 2.24) is 77.9 Å². The van der Waals surface area contributed by atoms with Gasteiger partial charge in [0.15, 0.2) is 16.8 Å². The summed E-state index contributed by atoms with van der Waals surface area (Å²) in [6.07, 6.45) is 0.694. The second kappa shape index (κ2) is 49.4. The van der Waals surface area contributed by atoms with Gasteiger partial charge in [0.05, 0.1) is 103 Å². The fraction of sp³-hybridized carbons (Fsp3) is 0.549. The van der Waals surface area contributed by atoms with Crippen molar-refractivity contribution in [3.8, 4) is 5.75 Å². The van der Waals surface area contributed by atoms with E-state index in [1.165, 1.54) is 51.8 Å². The Morgan fingerprint density at radius 2 is 1.40 bits per heavy atom. The van der Waals surface area contributed by atoms with Gasteiger partial charge in [-0.15, -0.1) is 0 Å². The SMILES string of the molecule is CC[C@](C)(O)CCC[C@@H](C)[C@](C(=O)OC)(c1cc2c(cc1OC)N(C)[C@H]1[C@@](O)(C(=O)NNC(=O)OCCSSCC(NC(=O)[C@H](CC(=O)O)NC(=O)[C@H](CC(=O)O)NC(=O)[C@H](CNC(=O)CCOCCOCCOCCOC)NC(=O)CC[C@H](NC(=O)c3ccc(NCc4cnc5nc(N)[nH]c(=O)c5n4)cc3)C(=O)O)C(=O)O)[C@H](O)[C@]3(CC)C=CCN4CC[C@]21[C@@H]43)c1[nH]c2ccccc2c1CCNC. The van der Waals surface area contributed by atoms with Crippen LogP contribution in [0.5, 0.6) is 5.75 Å². The number of carbonyl (C=O) groups is 13. The van der Waals surface area contributed by atoms with Gasteiger partial charge in [-0.05, 0) is 125 Å². The molecule has 3 aromatic carbocycles. The Labute approximate surface area is 807 Å². The number of fused-ring (bicyclic) bond motifs is 3. The second-order valence-electron chi connectivity index (χ2n) is 34.5. The van der Waals surface area contributed by atoms with Crippen LogP contribution in [0.15, 0.2) is 83.8 Å². The number of carboxylic acid groups (broad SMARTS) is 4. The molecule has 10 rings (SSSR count). The molecule has 2 fully saturated rings. The quantitative estimate of drug-likeness (QED) is 0.00824. The zero-order valence-corrected chi connectivity index (χ0v) is 80.3. The van der Waals surface area contributed by atoms with Crippen molar-refractivity contribution in [3.63, 3.8) is 0 Å². The van der Waals surface area contributed by atoms with Gasteiger partial charge in [0.2, 0.25) is 35.5 Å². The van der Waals surface area contributed by atoms with Crippen molar-refractivity contribution in [1.29, 1.82) is 0 Å². The molecule has 21 N–H and O–H groups in total. The number of ether oxygens (including phenoxy) is 7. The molecule has 758 valence electrons. The lowest BCUT2D eigenvalue weighted by Gasteiger charge is -2.63. The Hall–Kier alpha value is -12.4. The molecule has 48 heteroatoms. The van der Waals surface area contributed by atoms with Crippen LogP contribution in [0.25, 0.3) is 22.1 Å². The van der Waals surface area contributed by atoms with Crippen molar-refractivity contribution >= 4 is 138 Å². The third kappa shape index (κ3) is 25.6. The van der Waals surface area contributed by atoms with Crippen LogP contribution in [0.4, 0.5) is 22.1 Å². The number of aliphatic hydroxyl groups is 3. The van der Waals surface area contributed by atoms with E-state index in [0.717, 1.165) is 38.1 Å². The van der Waals surface area contributed by atoms with Gasteiger partial charge in [0, 0.05) is 114 Å². The van der Waals surface area contributed by atoms with Gasteiger partial charge in [-0.25, -0.2) is 29.8 Å². The number of nitrogens with zero attached hydrogens (tertiary/aromatic N) is 5. The first-order chi connectivity index (χ1) is 66.3. The topological polar surface area (TPSA) is 668 Å². The molecule has 0 radical (unpaired) electrons. The lowest BCUT2D eigenvalue weighted by atomic mass is 9.47. The number of nitrogen functional groups attached to an aromatic ring is 1. The van der Waals surface area contributed by atoms with E-state index in [4.69, 9.17) is 38.9 Å². The van der Waals surface area contributed by atoms with Gasteiger partial charge < -0.3 is 127 Å². The molecule has 6 aromatic rings. The number of amides is 8. The fourth-order valence-corrected chi connectivity index (χ4v) is 20.8. The van der Waals surface area contributed by atoms with E-state index in [2.05, 4.69) is 77.9 Å². The number of aliphatic hydroxyl groups excluding tert-OH is 1. The largest absolute Gasteiger partial charge is 0.496 e. The van der Waals surface area contributed by atoms with E-state index in [-0.39, 0.29) is 86.6 Å². The Morgan fingerprint density at radius 1 is 0.741 bits per heavy atom. The molecule has 1 unspecified atom stereocenters. The number of anilines is 3. The van der Waals surface area contributed by atoms with Crippen LogP contribution in [0.2, 0.25) is 0 Å². The number of methoxy groups -OCH3 is 3. The number of nitrogens with two attached hydrogens (primary N) is 1. The van der Waals surface area contributed by atoms with Crippen molar-refractivity contribution in [2.45, 2.75) is 182 Å². The molecular formula is C91H124N18O28S2. The lowest BCUT2D eigenvalue weighted by molar-refractivity contribution is -0.204. The Kier molecular flexibility index (Phi) is 38.6. The van der Waals surface area contributed by atoms with Gasteiger partial charge in [0.1, 0.15) is 54.1 Å². The van der Waals surface area contributed by atoms with Gasteiger partial charge >= 0.3 is 35.9 Å². The summed E-state index contributed by atoms with van der Waals surface area (Å²) < 4.78 is 39.0. The van der Waals surface area contributed by atoms with Gasteiger partial charge in [-0.3, -0.25) is 68.0 Å². The summed E-state index contributed by atoms with van der Waals surface area (Å²) in [5.41, 5.74) is 6.10. The van der Waals surface area contributed by atoms with Crippen LogP contribution in [0.1, 0.15) is 137 Å². The number of aromatic nitrogens is 5. The standard InChI is InChI=1S/C91H124N18O28S2/c1-10-87(4,129)27-14-16-50(3)90(84(127)133-9,71-55(25-30-93-5)54-17-12-13-18-58(54)99-71)57-42-56-64(45-65(57)132-8)108(6)81-89(56)29-32-109-31-15-28-88(11-2,80(89)109)82(125)91(81,130)83(126)106-107-86(128)137-40-41-138-139-49-63(79(123)124)103-75(118)61(44-69(114)115)101-74(117)60(43-68(112)113)102-76(119)62(48-95-66(110)26-33-134-36-37-136-39-38-135-35-34-131-7)98-67(111)24-23-59(78(121)122)100-73(116)51-19-21-52(22-20-51)94-46-53-47-96-72-70(97-53)77(120)105-85(92)104-72/h12-13,15,17-22,28,42,45,47,50,59-63,80-82,93-94,99,125,129-130H,10-11,14,16,23-27,29-41,43-44,46,48-49H2,1-9H3,(H,95,110)(H,98,111)(H,100,116)(H,101,117)(H,102,119)(H,103,118)(H,106,126)(H,107,128)(H,112,113)(H,114,115)(H,121,122)(H,123,124)(H3,92,96,104,105,120)/t50-,59+,60+,61+,62+,63?,80+,81-,82-,87+,88-,89-,90+,91+/m1/s1. The molecule has 3 aromatic heterocycles. The number of aliphatic carboxylic acids is 4. The van der Waals surface area contributed by atoms with Gasteiger partial charge in [-0.1, -0.05) is 79.1 Å². The molecule has 1 saturated carbocycles. The number of para-hydroxylation sites is 1. The van der Waals surface area contributed by atoms with E-state index in [1.807, 2.05) is 75.6 Å². The predicted octanol–water partition coefficient (Wildman–Crippen LogP) is 0.766. The number of hydrogen-bond donors (Lipinski definition) is 20. The minimum atomic E-state index is -2.76. The summed E-state index contributed by atoms with van der Waals surface area (Å²) in [5, 5.41) is 99.2. The van der Waals surface area contributed by atoms with Crippen LogP contribution in [0, 0.1) is 11.3 Å². The highest BCUT2D eigenvalue weighted by molar-refractivity contribution is 8.76. The summed E-state index contributed by atoms with van der Waals surface area (Å²) in [6, 6.07) is 5.44. The Balaban J connectivity index is 0.771. The van der Waals surface area contributed by atoms with Crippen molar-refractivity contribution in [3.05, 3.63) is 123 Å². The average Bonchev–Trinajstić information content (AvgIpc) is 1.48. The summed E-state index contributed by atoms with van der Waals surface area (Å²) in [5.74, 6) is -16.6. The number of benzene rings is 3. The smallest absolute Gasteiger partial charge is 0.426 e. The van der Waals surface area contributed by atoms with Crippen LogP contribution < -0.4 is 74.3 Å². The number of hydrogen-bond acceptors (Lipinski definition) is 34. The van der Waals surface area contributed by atoms with Gasteiger partial charge in [0.25, 0.3) is 17.4 Å². The van der Waals surface area contributed by atoms with Crippen molar-refractivity contribution < 1.29 is 131 Å². The molecule has 1 spiro atoms. The number of nitrogens with one attached hydrogen (secondary N) is 12. The normalized spacial score (nSPS) is 20.0. The number of hydrazine groups is 1. The highest BCUT2D eigenvalue weighted by Crippen LogP contribution is 2.68. The zero-order valence-electron chi connectivity index (χ0n) is 78.6. The third-order valence-corrected chi connectivity index (χ3v) is 28.1. The number of rotatable bonds is 56. The minimum Gasteiger partial charge on any atom is -0.496 e.